The molecule has 21 heavy (non-hydrogen) atoms. The average Bonchev–Trinajstić information content (AvgIpc) is 2.41. The van der Waals surface area contributed by atoms with Crippen molar-refractivity contribution < 1.29 is 18.3 Å². The number of anilines is 1. The zero-order valence-electron chi connectivity index (χ0n) is 12.3. The predicted octanol–water partition coefficient (Wildman–Crippen LogP) is 2.54. The Morgan fingerprint density at radius 1 is 1.33 bits per heavy atom. The first kappa shape index (κ1) is 15.8. The van der Waals surface area contributed by atoms with Crippen molar-refractivity contribution in [2.75, 3.05) is 11.6 Å². The topological polar surface area (TPSA) is 83.5 Å². The molecule has 0 amide bonds. The van der Waals surface area contributed by atoms with Gasteiger partial charge in [-0.05, 0) is 31.9 Å². The van der Waals surface area contributed by atoms with E-state index in [0.717, 1.165) is 25.5 Å². The van der Waals surface area contributed by atoms with E-state index in [1.807, 2.05) is 0 Å². The van der Waals surface area contributed by atoms with Crippen LogP contribution in [0.2, 0.25) is 0 Å². The van der Waals surface area contributed by atoms with Crippen LogP contribution in [0.3, 0.4) is 0 Å². The van der Waals surface area contributed by atoms with Crippen LogP contribution in [0.1, 0.15) is 32.6 Å². The fourth-order valence-corrected chi connectivity index (χ4v) is 3.77. The molecule has 0 heterocycles. The number of sulfone groups is 1. The molecule has 5 nitrogen and oxygen atoms in total. The summed E-state index contributed by atoms with van der Waals surface area (Å²) in [5.41, 5.74) is -0.387. The Balaban J connectivity index is 2.35. The van der Waals surface area contributed by atoms with Gasteiger partial charge in [0.2, 0.25) is 0 Å². The van der Waals surface area contributed by atoms with Crippen LogP contribution < -0.4 is 5.32 Å². The molecule has 1 aromatic carbocycles. The minimum atomic E-state index is -3.35. The highest BCUT2D eigenvalue weighted by atomic mass is 32.2. The van der Waals surface area contributed by atoms with Crippen LogP contribution in [0.5, 0.6) is 0 Å². The molecule has 6 heteroatoms. The molecule has 1 aromatic rings. The Labute approximate surface area is 125 Å². The highest BCUT2D eigenvalue weighted by molar-refractivity contribution is 7.90. The second kappa shape index (κ2) is 5.67. The van der Waals surface area contributed by atoms with E-state index in [1.54, 1.807) is 31.2 Å². The molecule has 116 valence electrons. The predicted molar refractivity (Wildman–Crippen MR) is 81.2 cm³/mol. The van der Waals surface area contributed by atoms with Crippen molar-refractivity contribution in [3.8, 4) is 0 Å². The second-order valence-electron chi connectivity index (χ2n) is 5.93. The van der Waals surface area contributed by atoms with Crippen molar-refractivity contribution in [1.82, 2.24) is 0 Å². The monoisotopic (exact) mass is 311 g/mol. The van der Waals surface area contributed by atoms with E-state index in [1.165, 1.54) is 0 Å². The third-order valence-corrected chi connectivity index (χ3v) is 5.47. The van der Waals surface area contributed by atoms with Crippen LogP contribution in [0.15, 0.2) is 29.2 Å². The number of carbonyl (C=O) groups is 1. The van der Waals surface area contributed by atoms with Gasteiger partial charge < -0.3 is 10.4 Å². The molecule has 2 N–H and O–H groups in total. The normalized spacial score (nSPS) is 26.3. The van der Waals surface area contributed by atoms with Gasteiger partial charge in [-0.15, -0.1) is 0 Å². The lowest BCUT2D eigenvalue weighted by Gasteiger charge is -2.39. The molecule has 0 spiro atoms. The minimum Gasteiger partial charge on any atom is -0.481 e. The molecule has 1 saturated carbocycles. The molecule has 1 aliphatic carbocycles. The SMILES string of the molecule is CC1(C(=O)O)CCCCC1Nc1ccccc1S(C)(=O)=O. The smallest absolute Gasteiger partial charge is 0.311 e. The zero-order valence-corrected chi connectivity index (χ0v) is 13.1. The molecule has 0 aliphatic heterocycles. The van der Waals surface area contributed by atoms with Crippen LogP contribution in [-0.4, -0.2) is 31.8 Å². The first-order valence-electron chi connectivity index (χ1n) is 7.04. The summed E-state index contributed by atoms with van der Waals surface area (Å²) in [6.45, 7) is 1.73. The summed E-state index contributed by atoms with van der Waals surface area (Å²) in [7, 11) is -3.35. The van der Waals surface area contributed by atoms with E-state index < -0.39 is 21.2 Å². The van der Waals surface area contributed by atoms with E-state index in [4.69, 9.17) is 0 Å². The summed E-state index contributed by atoms with van der Waals surface area (Å²) in [5, 5.41) is 12.7. The maximum Gasteiger partial charge on any atom is 0.311 e. The van der Waals surface area contributed by atoms with Crippen LogP contribution in [0.4, 0.5) is 5.69 Å². The Hall–Kier alpha value is -1.56. The van der Waals surface area contributed by atoms with Crippen LogP contribution >= 0.6 is 0 Å². The average molecular weight is 311 g/mol. The van der Waals surface area contributed by atoms with Gasteiger partial charge in [0.1, 0.15) is 0 Å². The number of carboxylic acid groups (broad SMARTS) is 1. The van der Waals surface area contributed by atoms with Gasteiger partial charge in [-0.2, -0.15) is 0 Å². The Morgan fingerprint density at radius 3 is 2.62 bits per heavy atom. The zero-order chi connectivity index (χ0) is 15.7. The lowest BCUT2D eigenvalue weighted by Crippen LogP contribution is -2.46. The number of rotatable bonds is 4. The Morgan fingerprint density at radius 2 is 2.00 bits per heavy atom. The standard InChI is InChI=1S/C15H21NO4S/c1-15(14(17)18)10-6-5-9-13(15)16-11-7-3-4-8-12(11)21(2,19)20/h3-4,7-8,13,16H,5-6,9-10H2,1-2H3,(H,17,18). The van der Waals surface area contributed by atoms with E-state index in [2.05, 4.69) is 5.32 Å². The molecule has 2 atom stereocenters. The van der Waals surface area contributed by atoms with Gasteiger partial charge in [-0.1, -0.05) is 25.0 Å². The molecule has 1 aliphatic rings. The fourth-order valence-electron chi connectivity index (χ4n) is 2.92. The van der Waals surface area contributed by atoms with Gasteiger partial charge in [0.25, 0.3) is 0 Å². The minimum absolute atomic E-state index is 0.211. The molecule has 1 fully saturated rings. The van der Waals surface area contributed by atoms with Crippen LogP contribution in [0, 0.1) is 5.41 Å². The summed E-state index contributed by atoms with van der Waals surface area (Å²) in [6.07, 6.45) is 4.31. The first-order chi connectivity index (χ1) is 9.75. The van der Waals surface area contributed by atoms with Crippen LogP contribution in [0.25, 0.3) is 0 Å². The van der Waals surface area contributed by atoms with Gasteiger partial charge in [-0.3, -0.25) is 4.79 Å². The summed E-state index contributed by atoms with van der Waals surface area (Å²) in [4.78, 5) is 11.8. The molecule has 0 radical (unpaired) electrons. The quantitative estimate of drug-likeness (QED) is 0.892. The number of para-hydroxylation sites is 1. The first-order valence-corrected chi connectivity index (χ1v) is 8.93. The molecular weight excluding hydrogens is 290 g/mol. The molecule has 0 saturated heterocycles. The van der Waals surface area contributed by atoms with Gasteiger partial charge >= 0.3 is 5.97 Å². The number of nitrogens with one attached hydrogen (secondary N) is 1. The van der Waals surface area contributed by atoms with Crippen LogP contribution in [-0.2, 0) is 14.6 Å². The maximum absolute atomic E-state index is 11.8. The molecule has 0 bridgehead atoms. The molecule has 2 unspecified atom stereocenters. The lowest BCUT2D eigenvalue weighted by molar-refractivity contribution is -0.150. The van der Waals surface area contributed by atoms with Gasteiger partial charge in [0.05, 0.1) is 16.0 Å². The van der Waals surface area contributed by atoms with Crippen molar-refractivity contribution in [3.05, 3.63) is 24.3 Å². The fraction of sp³-hybridized carbons (Fsp3) is 0.533. The number of carboxylic acids is 1. The number of aliphatic carboxylic acids is 1. The van der Waals surface area contributed by atoms with E-state index >= 15 is 0 Å². The van der Waals surface area contributed by atoms with Gasteiger partial charge in [0, 0.05) is 12.3 Å². The third-order valence-electron chi connectivity index (χ3n) is 4.31. The van der Waals surface area contributed by atoms with Crippen molar-refractivity contribution in [3.63, 3.8) is 0 Å². The lowest BCUT2D eigenvalue weighted by atomic mass is 9.71. The highest BCUT2D eigenvalue weighted by Gasteiger charge is 2.43. The third kappa shape index (κ3) is 3.20. The van der Waals surface area contributed by atoms with Crippen molar-refractivity contribution in [2.24, 2.45) is 5.41 Å². The number of hydrogen-bond acceptors (Lipinski definition) is 4. The Bertz CT molecular complexity index is 641. The number of benzene rings is 1. The molecular formula is C15H21NO4S. The molecule has 2 rings (SSSR count). The van der Waals surface area contributed by atoms with Gasteiger partial charge in [-0.25, -0.2) is 8.42 Å². The summed E-state index contributed by atoms with van der Waals surface area (Å²) < 4.78 is 23.7. The largest absolute Gasteiger partial charge is 0.481 e. The van der Waals surface area contributed by atoms with E-state index in [-0.39, 0.29) is 10.9 Å². The van der Waals surface area contributed by atoms with Crippen molar-refractivity contribution >= 4 is 21.5 Å². The van der Waals surface area contributed by atoms with Gasteiger partial charge in [0.15, 0.2) is 9.84 Å². The summed E-state index contributed by atoms with van der Waals surface area (Å²) in [5.74, 6) is -0.837. The summed E-state index contributed by atoms with van der Waals surface area (Å²) >= 11 is 0. The maximum atomic E-state index is 11.8. The van der Waals surface area contributed by atoms with E-state index in [0.29, 0.717) is 12.1 Å². The second-order valence-corrected chi connectivity index (χ2v) is 7.92. The summed E-state index contributed by atoms with van der Waals surface area (Å²) in [6, 6.07) is 6.37. The van der Waals surface area contributed by atoms with E-state index in [9.17, 15) is 18.3 Å². The van der Waals surface area contributed by atoms with Crippen molar-refractivity contribution in [2.45, 2.75) is 43.5 Å². The number of hydrogen-bond donors (Lipinski definition) is 2. The highest BCUT2D eigenvalue weighted by Crippen LogP contribution is 2.39. The van der Waals surface area contributed by atoms with Crippen molar-refractivity contribution in [1.29, 1.82) is 0 Å². The Kier molecular flexibility index (Phi) is 4.27. The molecule has 0 aromatic heterocycles.